The first-order valence-corrected chi connectivity index (χ1v) is 10.0. The van der Waals surface area contributed by atoms with E-state index in [1.54, 1.807) is 23.6 Å². The van der Waals surface area contributed by atoms with Crippen LogP contribution in [0.5, 0.6) is 0 Å². The molecule has 2 aliphatic rings. The van der Waals surface area contributed by atoms with Crippen molar-refractivity contribution in [3.05, 3.63) is 33.6 Å². The van der Waals surface area contributed by atoms with Crippen LogP contribution in [0.3, 0.4) is 0 Å². The van der Waals surface area contributed by atoms with E-state index in [9.17, 15) is 14.7 Å². The topological polar surface area (TPSA) is 79.3 Å². The normalized spacial score (nSPS) is 26.8. The van der Waals surface area contributed by atoms with Gasteiger partial charge < -0.3 is 10.4 Å². The molecule has 0 saturated heterocycles. The van der Waals surface area contributed by atoms with E-state index < -0.39 is 17.8 Å². The predicted octanol–water partition coefficient (Wildman–Crippen LogP) is 4.80. The summed E-state index contributed by atoms with van der Waals surface area (Å²) in [6.07, 6.45) is 2.66. The van der Waals surface area contributed by atoms with Gasteiger partial charge in [0, 0.05) is 16.0 Å². The Morgan fingerprint density at radius 3 is 2.62 bits per heavy atom. The molecule has 4 atom stereocenters. The summed E-state index contributed by atoms with van der Waals surface area (Å²) in [6, 6.07) is 5.15. The van der Waals surface area contributed by atoms with Crippen molar-refractivity contribution in [2.24, 2.45) is 23.7 Å². The van der Waals surface area contributed by atoms with Gasteiger partial charge in [-0.15, -0.1) is 11.3 Å². The number of rotatable bonds is 4. The summed E-state index contributed by atoms with van der Waals surface area (Å²) in [5.74, 6) is -1.89. The SMILES string of the molecule is O=C(O)[C@H]1[C@H]2CC[C@@H](C2)[C@@H]1C(=O)Nc1nc(-c2ccc(Cl)cc2Cl)cs1. The molecule has 1 aromatic carbocycles. The molecule has 1 aromatic heterocycles. The minimum Gasteiger partial charge on any atom is -0.481 e. The molecule has 1 amide bonds. The van der Waals surface area contributed by atoms with Gasteiger partial charge in [-0.25, -0.2) is 4.98 Å². The van der Waals surface area contributed by atoms with Crippen LogP contribution in [0.2, 0.25) is 10.0 Å². The molecule has 0 unspecified atom stereocenters. The summed E-state index contributed by atoms with van der Waals surface area (Å²) in [6.45, 7) is 0. The zero-order valence-electron chi connectivity index (χ0n) is 13.6. The molecule has 2 aliphatic carbocycles. The van der Waals surface area contributed by atoms with Crippen molar-refractivity contribution in [1.29, 1.82) is 0 Å². The van der Waals surface area contributed by atoms with Crippen molar-refractivity contribution in [2.45, 2.75) is 19.3 Å². The lowest BCUT2D eigenvalue weighted by molar-refractivity contribution is -0.148. The number of aromatic nitrogens is 1. The molecule has 2 aromatic rings. The first kappa shape index (κ1) is 17.8. The highest BCUT2D eigenvalue weighted by atomic mass is 35.5. The average molecular weight is 411 g/mol. The number of benzene rings is 1. The van der Waals surface area contributed by atoms with Gasteiger partial charge >= 0.3 is 5.97 Å². The highest BCUT2D eigenvalue weighted by molar-refractivity contribution is 7.14. The molecule has 8 heteroatoms. The average Bonchev–Trinajstić information content (AvgIpc) is 3.29. The monoisotopic (exact) mass is 410 g/mol. The fourth-order valence-electron chi connectivity index (χ4n) is 4.36. The number of fused-ring (bicyclic) bond motifs is 2. The molecule has 1 heterocycles. The summed E-state index contributed by atoms with van der Waals surface area (Å²) in [4.78, 5) is 28.7. The van der Waals surface area contributed by atoms with Gasteiger partial charge in [0.1, 0.15) is 0 Å². The second kappa shape index (κ2) is 6.83. The fraction of sp³-hybridized carbons (Fsp3) is 0.389. The molecule has 2 fully saturated rings. The van der Waals surface area contributed by atoms with Gasteiger partial charge in [0.05, 0.1) is 22.6 Å². The number of carboxylic acids is 1. The van der Waals surface area contributed by atoms with Crippen LogP contribution in [-0.2, 0) is 9.59 Å². The fourth-order valence-corrected chi connectivity index (χ4v) is 5.58. The quantitative estimate of drug-likeness (QED) is 0.758. The van der Waals surface area contributed by atoms with Crippen molar-refractivity contribution >= 4 is 51.5 Å². The van der Waals surface area contributed by atoms with Crippen LogP contribution in [0.15, 0.2) is 23.6 Å². The molecular weight excluding hydrogens is 395 g/mol. The van der Waals surface area contributed by atoms with E-state index in [0.717, 1.165) is 24.8 Å². The number of nitrogens with one attached hydrogen (secondary N) is 1. The number of thiazole rings is 1. The third-order valence-corrected chi connectivity index (χ3v) is 6.75. The van der Waals surface area contributed by atoms with E-state index in [1.807, 2.05) is 0 Å². The maximum absolute atomic E-state index is 12.7. The molecule has 2 N–H and O–H groups in total. The molecule has 0 aliphatic heterocycles. The van der Waals surface area contributed by atoms with Gasteiger partial charge in [-0.05, 0) is 49.3 Å². The Balaban J connectivity index is 1.52. The van der Waals surface area contributed by atoms with Crippen LogP contribution in [0.1, 0.15) is 19.3 Å². The Kier molecular flexibility index (Phi) is 4.67. The molecule has 5 nitrogen and oxygen atoms in total. The Hall–Kier alpha value is -1.63. The van der Waals surface area contributed by atoms with Gasteiger partial charge in [-0.3, -0.25) is 9.59 Å². The maximum Gasteiger partial charge on any atom is 0.307 e. The molecule has 0 spiro atoms. The lowest BCUT2D eigenvalue weighted by Gasteiger charge is -2.26. The minimum absolute atomic E-state index is 0.118. The summed E-state index contributed by atoms with van der Waals surface area (Å²) in [7, 11) is 0. The van der Waals surface area contributed by atoms with Crippen LogP contribution in [-0.4, -0.2) is 22.0 Å². The molecule has 2 saturated carbocycles. The number of hydrogen-bond donors (Lipinski definition) is 2. The van der Waals surface area contributed by atoms with Gasteiger partial charge in [0.2, 0.25) is 5.91 Å². The van der Waals surface area contributed by atoms with Gasteiger partial charge in [-0.1, -0.05) is 23.2 Å². The molecule has 2 bridgehead atoms. The van der Waals surface area contributed by atoms with E-state index in [2.05, 4.69) is 10.3 Å². The van der Waals surface area contributed by atoms with Crippen LogP contribution in [0.4, 0.5) is 5.13 Å². The number of hydrogen-bond acceptors (Lipinski definition) is 4. The summed E-state index contributed by atoms with van der Waals surface area (Å²) < 4.78 is 0. The van der Waals surface area contributed by atoms with Crippen molar-refractivity contribution in [1.82, 2.24) is 4.98 Å². The largest absolute Gasteiger partial charge is 0.481 e. The smallest absolute Gasteiger partial charge is 0.307 e. The Labute approximate surface area is 164 Å². The number of aliphatic carboxylic acids is 1. The van der Waals surface area contributed by atoms with E-state index in [4.69, 9.17) is 23.2 Å². The number of carbonyl (C=O) groups is 2. The molecular formula is C18H16Cl2N2O3S. The van der Waals surface area contributed by atoms with Crippen molar-refractivity contribution in [3.8, 4) is 11.3 Å². The van der Waals surface area contributed by atoms with E-state index in [1.165, 1.54) is 11.3 Å². The Morgan fingerprint density at radius 1 is 1.19 bits per heavy atom. The number of amides is 1. The predicted molar refractivity (Wildman–Crippen MR) is 102 cm³/mol. The first-order valence-electron chi connectivity index (χ1n) is 8.38. The second-order valence-electron chi connectivity index (χ2n) is 6.87. The first-order chi connectivity index (χ1) is 12.4. The Morgan fingerprint density at radius 2 is 1.92 bits per heavy atom. The lowest BCUT2D eigenvalue weighted by atomic mass is 9.79. The van der Waals surface area contributed by atoms with Crippen molar-refractivity contribution in [3.63, 3.8) is 0 Å². The molecule has 4 rings (SSSR count). The van der Waals surface area contributed by atoms with Crippen LogP contribution in [0, 0.1) is 23.7 Å². The standard InChI is InChI=1S/C18H16Cl2N2O3S/c19-10-3-4-11(12(20)6-10)13-7-26-18(21-13)22-16(23)14-8-1-2-9(5-8)15(14)17(24)25/h3-4,6-9,14-15H,1-2,5H2,(H,24,25)(H,21,22,23)/t8-,9-,14-,15-/m0/s1. The number of anilines is 1. The van der Waals surface area contributed by atoms with E-state index in [-0.39, 0.29) is 17.7 Å². The van der Waals surface area contributed by atoms with E-state index >= 15 is 0 Å². The minimum atomic E-state index is -0.870. The molecule has 136 valence electrons. The maximum atomic E-state index is 12.7. The van der Waals surface area contributed by atoms with Gasteiger partial charge in [-0.2, -0.15) is 0 Å². The van der Waals surface area contributed by atoms with Crippen molar-refractivity contribution in [2.75, 3.05) is 5.32 Å². The zero-order chi connectivity index (χ0) is 18.4. The summed E-state index contributed by atoms with van der Waals surface area (Å²) in [5.41, 5.74) is 1.38. The number of carboxylic acid groups (broad SMARTS) is 1. The lowest BCUT2D eigenvalue weighted by Crippen LogP contribution is -2.37. The third-order valence-electron chi connectivity index (χ3n) is 5.45. The van der Waals surface area contributed by atoms with Gasteiger partial charge in [0.15, 0.2) is 5.13 Å². The van der Waals surface area contributed by atoms with E-state index in [0.29, 0.717) is 20.9 Å². The number of nitrogens with zero attached hydrogens (tertiary/aromatic N) is 1. The van der Waals surface area contributed by atoms with Crippen molar-refractivity contribution < 1.29 is 14.7 Å². The zero-order valence-corrected chi connectivity index (χ0v) is 15.9. The second-order valence-corrected chi connectivity index (χ2v) is 8.58. The number of carbonyl (C=O) groups excluding carboxylic acids is 1. The van der Waals surface area contributed by atoms with Crippen LogP contribution >= 0.6 is 34.5 Å². The molecule has 0 radical (unpaired) electrons. The Bertz CT molecular complexity index is 885. The molecule has 26 heavy (non-hydrogen) atoms. The highest BCUT2D eigenvalue weighted by Gasteiger charge is 2.54. The third kappa shape index (κ3) is 3.10. The highest BCUT2D eigenvalue weighted by Crippen LogP contribution is 2.52. The van der Waals surface area contributed by atoms with Crippen LogP contribution < -0.4 is 5.32 Å². The van der Waals surface area contributed by atoms with Crippen LogP contribution in [0.25, 0.3) is 11.3 Å². The number of halogens is 2. The summed E-state index contributed by atoms with van der Waals surface area (Å²) in [5, 5.41) is 15.6. The summed E-state index contributed by atoms with van der Waals surface area (Å²) >= 11 is 13.4. The van der Waals surface area contributed by atoms with Gasteiger partial charge in [0.25, 0.3) is 0 Å².